The first-order chi connectivity index (χ1) is 11.2. The van der Waals surface area contributed by atoms with Crippen molar-refractivity contribution in [2.24, 2.45) is 10.2 Å². The average Bonchev–Trinajstić information content (AvgIpc) is 3.17. The highest BCUT2D eigenvalue weighted by Crippen LogP contribution is 2.36. The summed E-state index contributed by atoms with van der Waals surface area (Å²) in [5.41, 5.74) is 1.36. The lowest BCUT2D eigenvalue weighted by Crippen LogP contribution is -2.28. The lowest BCUT2D eigenvalue weighted by molar-refractivity contribution is 0.0947. The van der Waals surface area contributed by atoms with E-state index in [-0.39, 0.29) is 11.6 Å². The molecule has 1 aliphatic rings. The van der Waals surface area contributed by atoms with E-state index < -0.39 is 0 Å². The number of hydrogen-bond acceptors (Lipinski definition) is 5. The third kappa shape index (κ3) is 3.61. The Balaban J connectivity index is 1.52. The molecular weight excluding hydrogens is 292 g/mol. The maximum absolute atomic E-state index is 12.1. The van der Waals surface area contributed by atoms with Crippen molar-refractivity contribution in [2.45, 2.75) is 24.9 Å². The second-order valence-electron chi connectivity index (χ2n) is 5.27. The normalized spacial score (nSPS) is 14.2. The number of aromatic amines is 1. The topological polar surface area (TPSA) is 95.4 Å². The number of aromatic nitrogens is 3. The van der Waals surface area contributed by atoms with E-state index >= 15 is 0 Å². The largest absolute Gasteiger partial charge is 0.351 e. The zero-order chi connectivity index (χ0) is 16.1. The Labute approximate surface area is 133 Å². The average molecular weight is 308 g/mol. The molecular formula is C16H16N6O. The van der Waals surface area contributed by atoms with Crippen LogP contribution in [0, 0.1) is 12.3 Å². The maximum Gasteiger partial charge on any atom is 0.269 e. The predicted molar refractivity (Wildman–Crippen MR) is 84.4 cm³/mol. The van der Waals surface area contributed by atoms with E-state index in [1.165, 1.54) is 0 Å². The van der Waals surface area contributed by atoms with Crippen molar-refractivity contribution in [1.29, 1.82) is 0 Å². The monoisotopic (exact) mass is 308 g/mol. The summed E-state index contributed by atoms with van der Waals surface area (Å²) in [4.78, 5) is 16.3. The molecule has 0 atom stereocenters. The molecule has 0 saturated carbocycles. The van der Waals surface area contributed by atoms with Crippen LogP contribution in [0.3, 0.4) is 0 Å². The lowest BCUT2D eigenvalue weighted by Gasteiger charge is -2.09. The molecule has 1 aliphatic heterocycles. The molecule has 7 nitrogen and oxygen atoms in total. The number of pyridine rings is 1. The number of amides is 1. The van der Waals surface area contributed by atoms with Crippen LogP contribution < -0.4 is 5.32 Å². The van der Waals surface area contributed by atoms with Gasteiger partial charge in [0.2, 0.25) is 0 Å². The van der Waals surface area contributed by atoms with Gasteiger partial charge in [0.05, 0.1) is 5.69 Å². The van der Waals surface area contributed by atoms with Gasteiger partial charge in [-0.1, -0.05) is 6.07 Å². The molecule has 2 aromatic heterocycles. The van der Waals surface area contributed by atoms with E-state index in [2.05, 4.69) is 36.6 Å². The number of H-pyrrole nitrogens is 1. The molecule has 0 fully saturated rings. The molecule has 1 amide bonds. The van der Waals surface area contributed by atoms with Gasteiger partial charge in [-0.2, -0.15) is 15.3 Å². The smallest absolute Gasteiger partial charge is 0.269 e. The Kier molecular flexibility index (Phi) is 4.15. The molecule has 0 aliphatic carbocycles. The van der Waals surface area contributed by atoms with Crippen molar-refractivity contribution in [3.05, 3.63) is 36.2 Å². The van der Waals surface area contributed by atoms with Gasteiger partial charge in [-0.15, -0.1) is 12.3 Å². The first-order valence-electron chi connectivity index (χ1n) is 7.35. The molecule has 2 aromatic rings. The Morgan fingerprint density at radius 1 is 1.30 bits per heavy atom. The predicted octanol–water partition coefficient (Wildman–Crippen LogP) is 2.17. The number of rotatable bonds is 7. The summed E-state index contributed by atoms with van der Waals surface area (Å²) >= 11 is 0. The molecule has 3 rings (SSSR count). The van der Waals surface area contributed by atoms with Crippen molar-refractivity contribution >= 4 is 5.91 Å². The fraction of sp³-hybridized carbons (Fsp3) is 0.312. The van der Waals surface area contributed by atoms with E-state index in [0.29, 0.717) is 36.5 Å². The number of nitrogens with one attached hydrogen (secondary N) is 2. The minimum absolute atomic E-state index is 0.215. The molecule has 0 spiro atoms. The summed E-state index contributed by atoms with van der Waals surface area (Å²) in [5.74, 6) is 2.37. The second kappa shape index (κ2) is 6.40. The van der Waals surface area contributed by atoms with Crippen LogP contribution in [0.4, 0.5) is 0 Å². The highest BCUT2D eigenvalue weighted by Gasteiger charge is 2.38. The van der Waals surface area contributed by atoms with Crippen molar-refractivity contribution in [3.8, 4) is 23.7 Å². The van der Waals surface area contributed by atoms with E-state index in [1.54, 1.807) is 12.3 Å². The van der Waals surface area contributed by atoms with Gasteiger partial charge in [-0.05, 0) is 18.2 Å². The van der Waals surface area contributed by atoms with E-state index in [4.69, 9.17) is 6.42 Å². The summed E-state index contributed by atoms with van der Waals surface area (Å²) in [6.07, 6.45) is 8.95. The molecule has 116 valence electrons. The van der Waals surface area contributed by atoms with Crippen molar-refractivity contribution in [2.75, 3.05) is 6.54 Å². The van der Waals surface area contributed by atoms with Gasteiger partial charge < -0.3 is 5.32 Å². The molecule has 0 unspecified atom stereocenters. The van der Waals surface area contributed by atoms with Crippen molar-refractivity contribution in [3.63, 3.8) is 0 Å². The van der Waals surface area contributed by atoms with Crippen LogP contribution in [0.5, 0.6) is 0 Å². The Morgan fingerprint density at radius 3 is 2.87 bits per heavy atom. The van der Waals surface area contributed by atoms with Crippen molar-refractivity contribution < 1.29 is 4.79 Å². The summed E-state index contributed by atoms with van der Waals surface area (Å²) in [6.45, 7) is 0.481. The number of hydrogen-bond donors (Lipinski definition) is 2. The maximum atomic E-state index is 12.1. The molecule has 0 bridgehead atoms. The highest BCUT2D eigenvalue weighted by molar-refractivity contribution is 5.93. The molecule has 7 heteroatoms. The zero-order valence-corrected chi connectivity index (χ0v) is 12.5. The van der Waals surface area contributed by atoms with Gasteiger partial charge in [-0.25, -0.2) is 0 Å². The Bertz CT molecular complexity index is 752. The number of terminal acetylenes is 1. The Hall–Kier alpha value is -3.01. The number of nitrogens with zero attached hydrogens (tertiary/aromatic N) is 4. The van der Waals surface area contributed by atoms with Gasteiger partial charge in [0.1, 0.15) is 11.4 Å². The molecule has 0 aromatic carbocycles. The number of carbonyl (C=O) groups is 1. The van der Waals surface area contributed by atoms with E-state index in [9.17, 15) is 4.79 Å². The van der Waals surface area contributed by atoms with E-state index in [0.717, 1.165) is 6.42 Å². The molecule has 3 heterocycles. The summed E-state index contributed by atoms with van der Waals surface area (Å²) in [5, 5.41) is 17.7. The van der Waals surface area contributed by atoms with Gasteiger partial charge in [0.25, 0.3) is 5.91 Å². The standard InChI is InChI=1S/C16H16N6O/c1-2-3-7-16(21-22-16)8-10-18-15(23)14-11-13(19-20-14)12-6-4-5-9-17-12/h1,4-6,9,11H,3,7-8,10H2,(H,18,23)(H,19,20). The third-order valence-corrected chi connectivity index (χ3v) is 3.61. The molecule has 23 heavy (non-hydrogen) atoms. The quantitative estimate of drug-likeness (QED) is 0.767. The first kappa shape index (κ1) is 14.9. The summed E-state index contributed by atoms with van der Waals surface area (Å²) in [6, 6.07) is 7.21. The third-order valence-electron chi connectivity index (χ3n) is 3.61. The SMILES string of the molecule is C#CCCC1(CCNC(=O)c2cc(-c3ccccn3)n[nH]2)N=N1. The van der Waals surface area contributed by atoms with Gasteiger partial charge in [0.15, 0.2) is 5.66 Å². The van der Waals surface area contributed by atoms with Crippen LogP contribution in [0.2, 0.25) is 0 Å². The van der Waals surface area contributed by atoms with Gasteiger partial charge in [0, 0.05) is 32.0 Å². The summed E-state index contributed by atoms with van der Waals surface area (Å²) < 4.78 is 0. The van der Waals surface area contributed by atoms with Crippen LogP contribution >= 0.6 is 0 Å². The lowest BCUT2D eigenvalue weighted by atomic mass is 10.0. The fourth-order valence-corrected chi connectivity index (χ4v) is 2.22. The van der Waals surface area contributed by atoms with Crippen LogP contribution in [0.25, 0.3) is 11.4 Å². The molecule has 0 saturated heterocycles. The van der Waals surface area contributed by atoms with Crippen LogP contribution in [-0.4, -0.2) is 33.3 Å². The fourth-order valence-electron chi connectivity index (χ4n) is 2.22. The van der Waals surface area contributed by atoms with Crippen LogP contribution in [-0.2, 0) is 0 Å². The van der Waals surface area contributed by atoms with Crippen molar-refractivity contribution in [1.82, 2.24) is 20.5 Å². The highest BCUT2D eigenvalue weighted by atomic mass is 16.1. The minimum atomic E-state index is -0.382. The first-order valence-corrected chi connectivity index (χ1v) is 7.35. The Morgan fingerprint density at radius 2 is 2.17 bits per heavy atom. The molecule has 2 N–H and O–H groups in total. The minimum Gasteiger partial charge on any atom is -0.351 e. The van der Waals surface area contributed by atoms with Gasteiger partial charge in [-0.3, -0.25) is 14.9 Å². The van der Waals surface area contributed by atoms with Crippen LogP contribution in [0.15, 0.2) is 40.7 Å². The second-order valence-corrected chi connectivity index (χ2v) is 5.27. The molecule has 0 radical (unpaired) electrons. The number of carbonyl (C=O) groups excluding carboxylic acids is 1. The van der Waals surface area contributed by atoms with Crippen LogP contribution in [0.1, 0.15) is 29.8 Å². The van der Waals surface area contributed by atoms with Gasteiger partial charge >= 0.3 is 0 Å². The summed E-state index contributed by atoms with van der Waals surface area (Å²) in [7, 11) is 0. The van der Waals surface area contributed by atoms with E-state index in [1.807, 2.05) is 18.2 Å². The zero-order valence-electron chi connectivity index (χ0n) is 12.5.